The van der Waals surface area contributed by atoms with Gasteiger partial charge in [-0.1, -0.05) is 23.7 Å². The van der Waals surface area contributed by atoms with E-state index >= 15 is 0 Å². The number of sulfone groups is 1. The number of hydrogen-bond donors (Lipinski definition) is 1. The Hall–Kier alpha value is -1.28. The number of hydrogen-bond acceptors (Lipinski definition) is 3. The third-order valence-electron chi connectivity index (χ3n) is 2.25. The first-order valence-electron chi connectivity index (χ1n) is 4.82. The molecule has 1 unspecified atom stereocenters. The van der Waals surface area contributed by atoms with E-state index in [1.165, 1.54) is 18.2 Å². The minimum absolute atomic E-state index is 0.256. The van der Waals surface area contributed by atoms with Gasteiger partial charge in [0.1, 0.15) is 0 Å². The fourth-order valence-corrected chi connectivity index (χ4v) is 3.40. The van der Waals surface area contributed by atoms with Gasteiger partial charge in [-0.2, -0.15) is 13.2 Å². The van der Waals surface area contributed by atoms with Gasteiger partial charge >= 0.3 is 12.1 Å². The van der Waals surface area contributed by atoms with E-state index in [9.17, 15) is 26.4 Å². The highest BCUT2D eigenvalue weighted by Gasteiger charge is 2.48. The van der Waals surface area contributed by atoms with Crippen molar-refractivity contribution in [3.63, 3.8) is 0 Å². The Kier molecular flexibility index (Phi) is 4.46. The Balaban J connectivity index is 3.16. The molecule has 0 saturated heterocycles. The van der Waals surface area contributed by atoms with Crippen LogP contribution >= 0.6 is 11.6 Å². The summed E-state index contributed by atoms with van der Waals surface area (Å²) in [4.78, 5) is 10.0. The van der Waals surface area contributed by atoms with Crippen molar-refractivity contribution in [1.29, 1.82) is 0 Å². The molecule has 9 heteroatoms. The monoisotopic (exact) mass is 316 g/mol. The van der Waals surface area contributed by atoms with E-state index in [0.717, 1.165) is 6.07 Å². The normalized spacial score (nSPS) is 14.1. The molecule has 0 heterocycles. The van der Waals surface area contributed by atoms with Crippen molar-refractivity contribution in [2.45, 2.75) is 11.1 Å². The maximum Gasteiger partial charge on any atom is 0.403 e. The summed E-state index contributed by atoms with van der Waals surface area (Å²) in [7, 11) is -4.45. The maximum absolute atomic E-state index is 12.4. The highest BCUT2D eigenvalue weighted by atomic mass is 35.5. The van der Waals surface area contributed by atoms with Gasteiger partial charge in [0.15, 0.2) is 15.8 Å². The van der Waals surface area contributed by atoms with Gasteiger partial charge in [0.2, 0.25) is 0 Å². The summed E-state index contributed by atoms with van der Waals surface area (Å²) in [6.07, 6.45) is -5.15. The van der Waals surface area contributed by atoms with Gasteiger partial charge in [-0.3, -0.25) is 4.79 Å². The maximum atomic E-state index is 12.4. The third-order valence-corrected chi connectivity index (χ3v) is 4.49. The number of benzene rings is 1. The molecule has 106 valence electrons. The Morgan fingerprint density at radius 2 is 1.84 bits per heavy atom. The van der Waals surface area contributed by atoms with Gasteiger partial charge in [0, 0.05) is 0 Å². The average Bonchev–Trinajstić information content (AvgIpc) is 2.24. The number of rotatable bonds is 4. The molecule has 0 amide bonds. The van der Waals surface area contributed by atoms with Gasteiger partial charge in [-0.25, -0.2) is 8.42 Å². The van der Waals surface area contributed by atoms with Crippen molar-refractivity contribution < 1.29 is 31.5 Å². The number of carbonyl (C=O) groups is 1. The largest absolute Gasteiger partial charge is 0.481 e. The zero-order valence-electron chi connectivity index (χ0n) is 9.19. The van der Waals surface area contributed by atoms with Crippen LogP contribution in [0.5, 0.6) is 0 Å². The van der Waals surface area contributed by atoms with E-state index in [-0.39, 0.29) is 5.02 Å². The van der Waals surface area contributed by atoms with Crippen molar-refractivity contribution in [1.82, 2.24) is 0 Å². The molecular formula is C10H8ClF3O4S. The molecule has 0 fully saturated rings. The highest BCUT2D eigenvalue weighted by Crippen LogP contribution is 2.31. The molecule has 0 aliphatic rings. The van der Waals surface area contributed by atoms with Gasteiger partial charge in [-0.15, -0.1) is 0 Å². The number of carboxylic acids is 1. The lowest BCUT2D eigenvalue weighted by Crippen LogP contribution is -2.36. The van der Waals surface area contributed by atoms with Crippen LogP contribution in [0.1, 0.15) is 0 Å². The second-order valence-electron chi connectivity index (χ2n) is 3.64. The molecule has 0 aliphatic carbocycles. The van der Waals surface area contributed by atoms with E-state index in [0.29, 0.717) is 0 Å². The van der Waals surface area contributed by atoms with E-state index in [4.69, 9.17) is 16.7 Å². The van der Waals surface area contributed by atoms with E-state index < -0.39 is 38.5 Å². The van der Waals surface area contributed by atoms with Crippen LogP contribution in [0.4, 0.5) is 13.2 Å². The molecule has 1 rings (SSSR count). The Morgan fingerprint density at radius 1 is 1.32 bits per heavy atom. The fourth-order valence-electron chi connectivity index (χ4n) is 1.31. The van der Waals surface area contributed by atoms with Gasteiger partial charge in [-0.05, 0) is 12.1 Å². The second kappa shape index (κ2) is 5.38. The SMILES string of the molecule is O=C(O)C(CS(=O)(=O)c1ccccc1Cl)C(F)(F)F. The van der Waals surface area contributed by atoms with Crippen LogP contribution in [0.2, 0.25) is 5.02 Å². The van der Waals surface area contributed by atoms with Crippen LogP contribution < -0.4 is 0 Å². The first-order valence-corrected chi connectivity index (χ1v) is 6.85. The minimum atomic E-state index is -5.15. The molecule has 0 aliphatic heterocycles. The second-order valence-corrected chi connectivity index (χ2v) is 6.05. The molecule has 0 bridgehead atoms. The molecule has 1 aromatic carbocycles. The Labute approximate surface area is 111 Å². The first kappa shape index (κ1) is 15.8. The molecule has 0 saturated carbocycles. The zero-order valence-corrected chi connectivity index (χ0v) is 10.8. The van der Waals surface area contributed by atoms with Crippen molar-refractivity contribution in [3.05, 3.63) is 29.3 Å². The van der Waals surface area contributed by atoms with E-state index in [1.807, 2.05) is 0 Å². The standard InChI is InChI=1S/C10H8ClF3O4S/c11-7-3-1-2-4-8(7)19(17,18)5-6(9(15)16)10(12,13)14/h1-4,6H,5H2,(H,15,16). The molecule has 0 radical (unpaired) electrons. The van der Waals surface area contributed by atoms with Crippen molar-refractivity contribution in [3.8, 4) is 0 Å². The lowest BCUT2D eigenvalue weighted by Gasteiger charge is -2.16. The summed E-state index contributed by atoms with van der Waals surface area (Å²) >= 11 is 5.58. The van der Waals surface area contributed by atoms with E-state index in [2.05, 4.69) is 0 Å². The number of halogens is 4. The molecule has 1 N–H and O–H groups in total. The molecule has 19 heavy (non-hydrogen) atoms. The molecular weight excluding hydrogens is 309 g/mol. The lowest BCUT2D eigenvalue weighted by molar-refractivity contribution is -0.189. The van der Waals surface area contributed by atoms with Crippen LogP contribution in [-0.4, -0.2) is 31.4 Å². The van der Waals surface area contributed by atoms with Gasteiger partial charge in [0.05, 0.1) is 15.7 Å². The lowest BCUT2D eigenvalue weighted by atomic mass is 10.2. The predicted octanol–water partition coefficient (Wildman–Crippen LogP) is 2.38. The number of alkyl halides is 3. The van der Waals surface area contributed by atoms with E-state index in [1.54, 1.807) is 0 Å². The summed E-state index contributed by atoms with van der Waals surface area (Å²) in [5.74, 6) is -6.83. The fraction of sp³-hybridized carbons (Fsp3) is 0.300. The topological polar surface area (TPSA) is 71.4 Å². The summed E-state index contributed by atoms with van der Waals surface area (Å²) in [5, 5.41) is 8.22. The van der Waals surface area contributed by atoms with Crippen LogP contribution in [0, 0.1) is 5.92 Å². The predicted molar refractivity (Wildman–Crippen MR) is 60.7 cm³/mol. The average molecular weight is 317 g/mol. The molecule has 0 spiro atoms. The van der Waals surface area contributed by atoms with Crippen molar-refractivity contribution >= 4 is 27.4 Å². The molecule has 0 aromatic heterocycles. The Morgan fingerprint density at radius 3 is 2.26 bits per heavy atom. The molecule has 1 atom stereocenters. The first-order chi connectivity index (χ1) is 8.55. The van der Waals surface area contributed by atoms with Crippen molar-refractivity contribution in [2.24, 2.45) is 5.92 Å². The van der Waals surface area contributed by atoms with Crippen LogP contribution in [0.15, 0.2) is 29.2 Å². The zero-order chi connectivity index (χ0) is 14.8. The molecule has 4 nitrogen and oxygen atoms in total. The summed E-state index contributed by atoms with van der Waals surface area (Å²) in [6, 6.07) is 4.90. The molecule has 1 aromatic rings. The number of carboxylic acid groups (broad SMARTS) is 1. The van der Waals surface area contributed by atoms with Crippen molar-refractivity contribution in [2.75, 3.05) is 5.75 Å². The van der Waals surface area contributed by atoms with Gasteiger partial charge in [0.25, 0.3) is 0 Å². The van der Waals surface area contributed by atoms with Crippen LogP contribution in [0.3, 0.4) is 0 Å². The summed E-state index contributed by atoms with van der Waals surface area (Å²) in [5.41, 5.74) is 0. The smallest absolute Gasteiger partial charge is 0.403 e. The third kappa shape index (κ3) is 3.84. The highest BCUT2D eigenvalue weighted by molar-refractivity contribution is 7.91. The Bertz CT molecular complexity index is 583. The summed E-state index contributed by atoms with van der Waals surface area (Å²) < 4.78 is 60.9. The summed E-state index contributed by atoms with van der Waals surface area (Å²) in [6.45, 7) is 0. The minimum Gasteiger partial charge on any atom is -0.481 e. The van der Waals surface area contributed by atoms with Gasteiger partial charge < -0.3 is 5.11 Å². The quantitative estimate of drug-likeness (QED) is 0.925. The van der Waals surface area contributed by atoms with Crippen LogP contribution in [-0.2, 0) is 14.6 Å². The number of aliphatic carboxylic acids is 1. The van der Waals surface area contributed by atoms with Crippen LogP contribution in [0.25, 0.3) is 0 Å².